The van der Waals surface area contributed by atoms with E-state index >= 15 is 0 Å². The molecule has 0 bridgehead atoms. The zero-order chi connectivity index (χ0) is 9.97. The Labute approximate surface area is 90.1 Å². The molecule has 2 heterocycles. The summed E-state index contributed by atoms with van der Waals surface area (Å²) in [5.74, 6) is 1.38. The number of anilines is 1. The van der Waals surface area contributed by atoms with E-state index in [-0.39, 0.29) is 0 Å². The Kier molecular flexibility index (Phi) is 2.74. The molecule has 6 heteroatoms. The molecule has 0 saturated carbocycles. The Morgan fingerprint density at radius 2 is 2.43 bits per heavy atom. The molecule has 2 aromatic rings. The molecule has 0 amide bonds. The highest BCUT2D eigenvalue weighted by atomic mass is 32.2. The van der Waals surface area contributed by atoms with Crippen LogP contribution < -0.4 is 5.73 Å². The van der Waals surface area contributed by atoms with Crippen molar-refractivity contribution in [1.29, 1.82) is 0 Å². The summed E-state index contributed by atoms with van der Waals surface area (Å²) in [5, 5.41) is 10.7. The summed E-state index contributed by atoms with van der Waals surface area (Å²) in [4.78, 5) is 1.33. The van der Waals surface area contributed by atoms with Crippen LogP contribution in [0.5, 0.6) is 0 Å². The number of hydrogen-bond donors (Lipinski definition) is 1. The summed E-state index contributed by atoms with van der Waals surface area (Å²) in [5.41, 5.74) is 5.57. The molecule has 2 rings (SSSR count). The molecular formula is C8H10N4S2. The lowest BCUT2D eigenvalue weighted by Crippen LogP contribution is -1.97. The number of nitrogen functional groups attached to an aromatic ring is 1. The smallest absolute Gasteiger partial charge is 0.222 e. The first-order chi connectivity index (χ1) is 6.77. The summed E-state index contributed by atoms with van der Waals surface area (Å²) >= 11 is 3.39. The van der Waals surface area contributed by atoms with Crippen LogP contribution in [0.4, 0.5) is 5.95 Å². The Morgan fingerprint density at radius 3 is 3.00 bits per heavy atom. The predicted octanol–water partition coefficient (Wildman–Crippen LogP) is 1.75. The van der Waals surface area contributed by atoms with Crippen LogP contribution in [0.15, 0.2) is 22.7 Å². The van der Waals surface area contributed by atoms with E-state index < -0.39 is 0 Å². The van der Waals surface area contributed by atoms with Gasteiger partial charge in [0, 0.05) is 17.7 Å². The lowest BCUT2D eigenvalue weighted by Gasteiger charge is -1.98. The van der Waals surface area contributed by atoms with Gasteiger partial charge in [0.15, 0.2) is 5.16 Å². The predicted molar refractivity (Wildman–Crippen MR) is 59.3 cm³/mol. The van der Waals surface area contributed by atoms with Gasteiger partial charge in [0.25, 0.3) is 0 Å². The summed E-state index contributed by atoms with van der Waals surface area (Å²) in [6.07, 6.45) is 0. The van der Waals surface area contributed by atoms with Gasteiger partial charge >= 0.3 is 0 Å². The first-order valence-electron chi connectivity index (χ1n) is 4.07. The molecule has 14 heavy (non-hydrogen) atoms. The van der Waals surface area contributed by atoms with Crippen molar-refractivity contribution in [3.8, 4) is 0 Å². The lowest BCUT2D eigenvalue weighted by atomic mass is 10.5. The second kappa shape index (κ2) is 4.02. The van der Waals surface area contributed by atoms with Gasteiger partial charge in [-0.25, -0.2) is 0 Å². The summed E-state index contributed by atoms with van der Waals surface area (Å²) in [6, 6.07) is 4.16. The third-order valence-corrected chi connectivity index (χ3v) is 3.92. The molecule has 0 aliphatic carbocycles. The molecule has 0 aromatic carbocycles. The Hall–Kier alpha value is -1.01. The van der Waals surface area contributed by atoms with Crippen molar-refractivity contribution < 1.29 is 0 Å². The number of nitrogens with two attached hydrogens (primary N) is 1. The minimum atomic E-state index is 0.457. The minimum Gasteiger partial charge on any atom is -0.368 e. The maximum absolute atomic E-state index is 5.57. The van der Waals surface area contributed by atoms with Gasteiger partial charge in [-0.15, -0.1) is 21.5 Å². The first-order valence-corrected chi connectivity index (χ1v) is 5.94. The van der Waals surface area contributed by atoms with Gasteiger partial charge in [-0.05, 0) is 11.4 Å². The lowest BCUT2D eigenvalue weighted by molar-refractivity contribution is 0.796. The highest BCUT2D eigenvalue weighted by Gasteiger charge is 2.06. The average Bonchev–Trinajstić information content (AvgIpc) is 2.77. The maximum Gasteiger partial charge on any atom is 0.222 e. The molecule has 0 unspecified atom stereocenters. The Balaban J connectivity index is 2.02. The quantitative estimate of drug-likeness (QED) is 0.810. The molecule has 2 N–H and O–H groups in total. The zero-order valence-corrected chi connectivity index (χ0v) is 9.31. The van der Waals surface area contributed by atoms with Crippen LogP contribution in [0.1, 0.15) is 4.88 Å². The van der Waals surface area contributed by atoms with Crippen LogP contribution in [0.3, 0.4) is 0 Å². The number of hydrogen-bond acceptors (Lipinski definition) is 5. The van der Waals surface area contributed by atoms with E-state index in [0.717, 1.165) is 10.9 Å². The molecule has 0 atom stereocenters. The van der Waals surface area contributed by atoms with E-state index in [1.54, 1.807) is 27.7 Å². The fourth-order valence-corrected chi connectivity index (χ4v) is 2.67. The summed E-state index contributed by atoms with van der Waals surface area (Å²) in [6.45, 7) is 0. The van der Waals surface area contributed by atoms with Crippen LogP contribution in [0.2, 0.25) is 0 Å². The molecule has 0 radical (unpaired) electrons. The van der Waals surface area contributed by atoms with Gasteiger partial charge in [0.05, 0.1) is 0 Å². The summed E-state index contributed by atoms with van der Waals surface area (Å²) in [7, 11) is 1.87. The molecule has 0 fully saturated rings. The van der Waals surface area contributed by atoms with Crippen LogP contribution in [-0.4, -0.2) is 14.8 Å². The molecular weight excluding hydrogens is 216 g/mol. The van der Waals surface area contributed by atoms with Gasteiger partial charge in [-0.3, -0.25) is 4.57 Å². The van der Waals surface area contributed by atoms with E-state index in [4.69, 9.17) is 5.73 Å². The first kappa shape index (κ1) is 9.54. The minimum absolute atomic E-state index is 0.457. The largest absolute Gasteiger partial charge is 0.368 e. The number of aromatic nitrogens is 3. The topological polar surface area (TPSA) is 56.7 Å². The third kappa shape index (κ3) is 1.91. The van der Waals surface area contributed by atoms with E-state index in [2.05, 4.69) is 21.6 Å². The van der Waals surface area contributed by atoms with Gasteiger partial charge in [0.1, 0.15) is 0 Å². The van der Waals surface area contributed by atoms with E-state index in [9.17, 15) is 0 Å². The van der Waals surface area contributed by atoms with Gasteiger partial charge in [0.2, 0.25) is 5.95 Å². The fourth-order valence-electron chi connectivity index (χ4n) is 0.982. The molecule has 0 aliphatic heterocycles. The van der Waals surface area contributed by atoms with Crippen LogP contribution >= 0.6 is 23.1 Å². The number of thiophene rings is 1. The standard InChI is InChI=1S/C8H10N4S2/c1-12-7(9)10-11-8(12)14-5-6-3-2-4-13-6/h2-4H,5H2,1H3,(H2,9,10). The highest BCUT2D eigenvalue weighted by molar-refractivity contribution is 7.98. The molecule has 0 saturated heterocycles. The molecule has 74 valence electrons. The van der Waals surface area contributed by atoms with E-state index in [1.165, 1.54) is 4.88 Å². The van der Waals surface area contributed by atoms with Crippen molar-refractivity contribution in [2.24, 2.45) is 7.05 Å². The third-order valence-electron chi connectivity index (χ3n) is 1.79. The number of rotatable bonds is 3. The van der Waals surface area contributed by atoms with Crippen molar-refractivity contribution in [1.82, 2.24) is 14.8 Å². The second-order valence-corrected chi connectivity index (χ2v) is 4.74. The zero-order valence-electron chi connectivity index (χ0n) is 7.67. The van der Waals surface area contributed by atoms with Crippen LogP contribution in [-0.2, 0) is 12.8 Å². The molecule has 0 spiro atoms. The Morgan fingerprint density at radius 1 is 1.57 bits per heavy atom. The van der Waals surface area contributed by atoms with Crippen LogP contribution in [0.25, 0.3) is 0 Å². The fraction of sp³-hybridized carbons (Fsp3) is 0.250. The van der Waals surface area contributed by atoms with Crippen molar-refractivity contribution >= 4 is 29.0 Å². The van der Waals surface area contributed by atoms with Crippen molar-refractivity contribution in [2.75, 3.05) is 5.73 Å². The average molecular weight is 226 g/mol. The van der Waals surface area contributed by atoms with Crippen molar-refractivity contribution in [2.45, 2.75) is 10.9 Å². The molecule has 0 aliphatic rings. The molecule has 2 aromatic heterocycles. The SMILES string of the molecule is Cn1c(N)nnc1SCc1cccs1. The van der Waals surface area contributed by atoms with Gasteiger partial charge in [-0.2, -0.15) is 0 Å². The second-order valence-electron chi connectivity index (χ2n) is 2.77. The maximum atomic E-state index is 5.57. The normalized spacial score (nSPS) is 10.6. The Bertz CT molecular complexity index is 407. The van der Waals surface area contributed by atoms with Gasteiger partial charge < -0.3 is 5.73 Å². The molecule has 4 nitrogen and oxygen atoms in total. The van der Waals surface area contributed by atoms with E-state index in [1.807, 2.05) is 13.1 Å². The number of thioether (sulfide) groups is 1. The van der Waals surface area contributed by atoms with E-state index in [0.29, 0.717) is 5.95 Å². The number of nitrogens with zero attached hydrogens (tertiary/aromatic N) is 3. The van der Waals surface area contributed by atoms with Crippen LogP contribution in [0, 0.1) is 0 Å². The van der Waals surface area contributed by atoms with Crippen molar-refractivity contribution in [3.05, 3.63) is 22.4 Å². The van der Waals surface area contributed by atoms with Crippen molar-refractivity contribution in [3.63, 3.8) is 0 Å². The monoisotopic (exact) mass is 226 g/mol. The van der Waals surface area contributed by atoms with Gasteiger partial charge in [-0.1, -0.05) is 17.8 Å². The summed E-state index contributed by atoms with van der Waals surface area (Å²) < 4.78 is 1.79. The highest BCUT2D eigenvalue weighted by Crippen LogP contribution is 2.23.